The van der Waals surface area contributed by atoms with Crippen molar-refractivity contribution in [3.8, 4) is 16.9 Å². The third-order valence-electron chi connectivity index (χ3n) is 5.37. The Hall–Kier alpha value is -4.04. The molecule has 1 heterocycles. The molecule has 1 atom stereocenters. The maximum Gasteiger partial charge on any atom is 0.246 e. The molecule has 0 fully saturated rings. The third-order valence-corrected chi connectivity index (χ3v) is 5.62. The molecule has 178 valence electrons. The molecule has 6 nitrogen and oxygen atoms in total. The Kier molecular flexibility index (Phi) is 7.22. The van der Waals surface area contributed by atoms with Crippen molar-refractivity contribution in [2.75, 3.05) is 7.05 Å². The van der Waals surface area contributed by atoms with Crippen molar-refractivity contribution in [1.29, 1.82) is 0 Å². The molecular weight excluding hydrogens is 474 g/mol. The van der Waals surface area contributed by atoms with Crippen LogP contribution in [0.2, 0.25) is 5.02 Å². The largest absolute Gasteiger partial charge is 0.357 e. The normalized spacial score (nSPS) is 11.7. The average molecular weight is 495 g/mol. The first kappa shape index (κ1) is 24.1. The number of nitrogens with one attached hydrogen (secondary N) is 2. The highest BCUT2D eigenvalue weighted by molar-refractivity contribution is 6.30. The Balaban J connectivity index is 1.65. The van der Waals surface area contributed by atoms with Crippen LogP contribution in [0, 0.1) is 11.6 Å². The summed E-state index contributed by atoms with van der Waals surface area (Å²) < 4.78 is 28.8. The van der Waals surface area contributed by atoms with Crippen molar-refractivity contribution in [2.45, 2.75) is 12.5 Å². The second-order valence-corrected chi connectivity index (χ2v) is 8.19. The Morgan fingerprint density at radius 3 is 2.37 bits per heavy atom. The lowest BCUT2D eigenvalue weighted by Gasteiger charge is -2.18. The summed E-state index contributed by atoms with van der Waals surface area (Å²) in [4.78, 5) is 25.5. The number of amides is 2. The zero-order valence-electron chi connectivity index (χ0n) is 18.6. The van der Waals surface area contributed by atoms with Crippen molar-refractivity contribution >= 4 is 23.4 Å². The summed E-state index contributed by atoms with van der Waals surface area (Å²) in [6.45, 7) is 0. The van der Waals surface area contributed by atoms with E-state index in [2.05, 4.69) is 15.7 Å². The van der Waals surface area contributed by atoms with Crippen molar-refractivity contribution in [1.82, 2.24) is 20.4 Å². The lowest BCUT2D eigenvalue weighted by molar-refractivity contribution is -0.128. The van der Waals surface area contributed by atoms with Gasteiger partial charge < -0.3 is 10.6 Å². The minimum atomic E-state index is -1.20. The van der Waals surface area contributed by atoms with E-state index < -0.39 is 29.5 Å². The van der Waals surface area contributed by atoms with Crippen LogP contribution in [0.5, 0.6) is 0 Å². The Labute approximate surface area is 205 Å². The zero-order chi connectivity index (χ0) is 24.9. The molecule has 4 rings (SSSR count). The molecule has 0 saturated carbocycles. The number of benzene rings is 3. The molecule has 9 heteroatoms. The fourth-order valence-electron chi connectivity index (χ4n) is 3.62. The summed E-state index contributed by atoms with van der Waals surface area (Å²) in [6, 6.07) is 18.3. The van der Waals surface area contributed by atoms with Gasteiger partial charge in [-0.3, -0.25) is 9.59 Å². The number of rotatable bonds is 7. The minimum Gasteiger partial charge on any atom is -0.357 e. The van der Waals surface area contributed by atoms with Crippen LogP contribution in [-0.4, -0.2) is 28.6 Å². The fraction of sp³-hybridized carbons (Fsp3) is 0.115. The maximum atomic E-state index is 13.8. The molecular formula is C26H21ClF2N4O2. The third kappa shape index (κ3) is 5.55. The number of para-hydroxylation sites is 1. The van der Waals surface area contributed by atoms with Gasteiger partial charge in [-0.05, 0) is 42.0 Å². The van der Waals surface area contributed by atoms with Gasteiger partial charge in [0.1, 0.15) is 6.04 Å². The first-order valence-electron chi connectivity index (χ1n) is 10.7. The molecule has 1 aromatic heterocycles. The molecule has 0 aliphatic rings. The van der Waals surface area contributed by atoms with Crippen LogP contribution < -0.4 is 10.6 Å². The minimum absolute atomic E-state index is 0.109. The predicted molar refractivity (Wildman–Crippen MR) is 129 cm³/mol. The van der Waals surface area contributed by atoms with Crippen LogP contribution in [0.3, 0.4) is 0 Å². The van der Waals surface area contributed by atoms with Gasteiger partial charge in [0.05, 0.1) is 17.8 Å². The second-order valence-electron chi connectivity index (χ2n) is 7.76. The van der Waals surface area contributed by atoms with Crippen molar-refractivity contribution in [3.63, 3.8) is 0 Å². The predicted octanol–water partition coefficient (Wildman–Crippen LogP) is 4.62. The van der Waals surface area contributed by atoms with Crippen LogP contribution in [0.1, 0.15) is 17.2 Å². The topological polar surface area (TPSA) is 76.0 Å². The van der Waals surface area contributed by atoms with Crippen molar-refractivity contribution < 1.29 is 18.4 Å². The standard InChI is InChI=1S/C26H21ClF2N4O2/c1-30-26(35)25(17-9-12-21(28)22(29)13-17)31-23(34)14-18-15-33(20-5-3-2-4-6-20)32-24(18)16-7-10-19(27)11-8-16/h2-13,15,25H,14H2,1H3,(H,30,35)(H,31,34). The Bertz CT molecular complexity index is 1360. The van der Waals surface area contributed by atoms with E-state index in [1.165, 1.54) is 13.1 Å². The monoisotopic (exact) mass is 494 g/mol. The van der Waals surface area contributed by atoms with Gasteiger partial charge in [-0.1, -0.05) is 48.0 Å². The summed E-state index contributed by atoms with van der Waals surface area (Å²) in [7, 11) is 1.39. The van der Waals surface area contributed by atoms with E-state index in [0.717, 1.165) is 23.4 Å². The molecule has 0 spiro atoms. The lowest BCUT2D eigenvalue weighted by Crippen LogP contribution is -2.39. The Morgan fingerprint density at radius 1 is 1.00 bits per heavy atom. The molecule has 3 aromatic carbocycles. The van der Waals surface area contributed by atoms with Gasteiger partial charge in [-0.2, -0.15) is 5.10 Å². The summed E-state index contributed by atoms with van der Waals surface area (Å²) in [5.74, 6) is -3.22. The lowest BCUT2D eigenvalue weighted by atomic mass is 10.0. The van der Waals surface area contributed by atoms with Crippen molar-refractivity contribution in [3.05, 3.63) is 107 Å². The van der Waals surface area contributed by atoms with Crippen LogP contribution in [-0.2, 0) is 16.0 Å². The van der Waals surface area contributed by atoms with E-state index >= 15 is 0 Å². The number of nitrogens with zero attached hydrogens (tertiary/aromatic N) is 2. The average Bonchev–Trinajstić information content (AvgIpc) is 3.28. The van der Waals surface area contributed by atoms with Gasteiger partial charge in [0.25, 0.3) is 0 Å². The van der Waals surface area contributed by atoms with Crippen LogP contribution in [0.25, 0.3) is 16.9 Å². The van der Waals surface area contributed by atoms with E-state index in [9.17, 15) is 18.4 Å². The summed E-state index contributed by atoms with van der Waals surface area (Å²) >= 11 is 6.03. The summed E-state index contributed by atoms with van der Waals surface area (Å²) in [5.41, 5.74) is 2.86. The highest BCUT2D eigenvalue weighted by Gasteiger charge is 2.24. The van der Waals surface area contributed by atoms with E-state index in [1.807, 2.05) is 30.3 Å². The molecule has 4 aromatic rings. The van der Waals surface area contributed by atoms with Crippen LogP contribution >= 0.6 is 11.6 Å². The number of hydrogen-bond acceptors (Lipinski definition) is 3. The molecule has 2 N–H and O–H groups in total. The van der Waals surface area contributed by atoms with Gasteiger partial charge in [-0.25, -0.2) is 13.5 Å². The first-order valence-corrected chi connectivity index (χ1v) is 11.1. The molecule has 2 amide bonds. The summed E-state index contributed by atoms with van der Waals surface area (Å²) in [5, 5.41) is 10.3. The quantitative estimate of drug-likeness (QED) is 0.394. The highest BCUT2D eigenvalue weighted by atomic mass is 35.5. The first-order chi connectivity index (χ1) is 16.9. The highest BCUT2D eigenvalue weighted by Crippen LogP contribution is 2.26. The smallest absolute Gasteiger partial charge is 0.246 e. The number of aromatic nitrogens is 2. The van der Waals surface area contributed by atoms with Gasteiger partial charge in [-0.15, -0.1) is 0 Å². The van der Waals surface area contributed by atoms with Gasteiger partial charge in [0.15, 0.2) is 11.6 Å². The van der Waals surface area contributed by atoms with E-state index in [-0.39, 0.29) is 12.0 Å². The van der Waals surface area contributed by atoms with Gasteiger partial charge >= 0.3 is 0 Å². The molecule has 0 saturated heterocycles. The summed E-state index contributed by atoms with van der Waals surface area (Å²) in [6.07, 6.45) is 1.63. The van der Waals surface area contributed by atoms with E-state index in [1.54, 1.807) is 35.1 Å². The van der Waals surface area contributed by atoms with Gasteiger partial charge in [0.2, 0.25) is 11.8 Å². The number of likely N-dealkylation sites (N-methyl/N-ethyl adjacent to an activating group) is 1. The number of halogens is 3. The number of carbonyl (C=O) groups is 2. The molecule has 0 radical (unpaired) electrons. The number of hydrogen-bond donors (Lipinski definition) is 2. The molecule has 0 aliphatic heterocycles. The van der Waals surface area contributed by atoms with Crippen LogP contribution in [0.4, 0.5) is 8.78 Å². The molecule has 0 bridgehead atoms. The number of carbonyl (C=O) groups excluding carboxylic acids is 2. The zero-order valence-corrected chi connectivity index (χ0v) is 19.4. The molecule has 35 heavy (non-hydrogen) atoms. The molecule has 0 aliphatic carbocycles. The maximum absolute atomic E-state index is 13.8. The van der Waals surface area contributed by atoms with Gasteiger partial charge in [0, 0.05) is 29.4 Å². The van der Waals surface area contributed by atoms with E-state index in [4.69, 9.17) is 11.6 Å². The fourth-order valence-corrected chi connectivity index (χ4v) is 3.75. The molecule has 1 unspecified atom stereocenters. The van der Waals surface area contributed by atoms with Crippen LogP contribution in [0.15, 0.2) is 79.0 Å². The second kappa shape index (κ2) is 10.5. The SMILES string of the molecule is CNC(=O)C(NC(=O)Cc1cn(-c2ccccc2)nc1-c1ccc(Cl)cc1)c1ccc(F)c(F)c1. The van der Waals surface area contributed by atoms with E-state index in [0.29, 0.717) is 16.3 Å². The van der Waals surface area contributed by atoms with Crippen molar-refractivity contribution in [2.24, 2.45) is 0 Å². The Morgan fingerprint density at radius 2 is 1.71 bits per heavy atom.